The smallest absolute Gasteiger partial charge is 0.222 e. The van der Waals surface area contributed by atoms with Crippen molar-refractivity contribution in [2.24, 2.45) is 11.8 Å². The van der Waals surface area contributed by atoms with Crippen LogP contribution in [0.5, 0.6) is 0 Å². The van der Waals surface area contributed by atoms with Crippen LogP contribution in [0.1, 0.15) is 56.9 Å². The molecule has 1 N–H and O–H groups in total. The van der Waals surface area contributed by atoms with Gasteiger partial charge in [-0.05, 0) is 62.1 Å². The molecule has 6 heteroatoms. The second kappa shape index (κ2) is 11.3. The van der Waals surface area contributed by atoms with Gasteiger partial charge in [0.05, 0.1) is 0 Å². The van der Waals surface area contributed by atoms with Crippen molar-refractivity contribution >= 4 is 18.3 Å². The molecule has 3 atom stereocenters. The van der Waals surface area contributed by atoms with Crippen molar-refractivity contribution in [1.29, 1.82) is 0 Å². The number of rotatable bonds is 6. The highest BCUT2D eigenvalue weighted by Crippen LogP contribution is 2.31. The number of amides is 1. The third-order valence-electron chi connectivity index (χ3n) is 6.88. The number of likely N-dealkylation sites (tertiary alicyclic amines) is 2. The highest BCUT2D eigenvalue weighted by atomic mass is 35.5. The Balaban J connectivity index is 0.00000240. The number of hydrogen-bond donors (Lipinski definition) is 1. The van der Waals surface area contributed by atoms with Crippen LogP contribution < -0.4 is 5.32 Å². The lowest BCUT2D eigenvalue weighted by molar-refractivity contribution is -0.131. The lowest BCUT2D eigenvalue weighted by Crippen LogP contribution is -2.55. The number of carbonyl (C=O) groups is 1. The lowest BCUT2D eigenvalue weighted by Gasteiger charge is -2.46. The van der Waals surface area contributed by atoms with Gasteiger partial charge in [0.25, 0.3) is 0 Å². The Morgan fingerprint density at radius 1 is 1.17 bits per heavy atom. The molecule has 1 aromatic heterocycles. The van der Waals surface area contributed by atoms with Crippen LogP contribution in [0, 0.1) is 11.8 Å². The molecule has 5 nitrogen and oxygen atoms in total. The third-order valence-corrected chi connectivity index (χ3v) is 6.88. The molecule has 1 amide bonds. The van der Waals surface area contributed by atoms with E-state index in [1.807, 2.05) is 18.5 Å². The third kappa shape index (κ3) is 6.40. The molecule has 162 valence electrons. The summed E-state index contributed by atoms with van der Waals surface area (Å²) in [6, 6.07) is 4.79. The molecule has 1 aromatic rings. The van der Waals surface area contributed by atoms with E-state index in [2.05, 4.69) is 26.2 Å². The summed E-state index contributed by atoms with van der Waals surface area (Å²) in [4.78, 5) is 21.6. The molecule has 4 rings (SSSR count). The van der Waals surface area contributed by atoms with E-state index in [1.165, 1.54) is 50.8 Å². The Hall–Kier alpha value is -1.17. The van der Waals surface area contributed by atoms with E-state index in [-0.39, 0.29) is 12.4 Å². The predicted octanol–water partition coefficient (Wildman–Crippen LogP) is 3.49. The Morgan fingerprint density at radius 2 is 2.00 bits per heavy atom. The summed E-state index contributed by atoms with van der Waals surface area (Å²) < 4.78 is 0. The number of halogens is 1. The molecule has 0 spiro atoms. The van der Waals surface area contributed by atoms with E-state index in [1.54, 1.807) is 0 Å². The van der Waals surface area contributed by atoms with Gasteiger partial charge in [-0.15, -0.1) is 12.4 Å². The molecule has 0 radical (unpaired) electrons. The fourth-order valence-corrected chi connectivity index (χ4v) is 5.44. The van der Waals surface area contributed by atoms with Crippen LogP contribution >= 0.6 is 12.4 Å². The van der Waals surface area contributed by atoms with Crippen molar-refractivity contribution in [2.75, 3.05) is 32.7 Å². The van der Waals surface area contributed by atoms with E-state index in [9.17, 15) is 4.79 Å². The summed E-state index contributed by atoms with van der Waals surface area (Å²) in [7, 11) is 0. The Labute approximate surface area is 182 Å². The number of aromatic nitrogens is 1. The molecular formula is C23H37ClN4O. The van der Waals surface area contributed by atoms with Crippen LogP contribution in [-0.2, 0) is 11.3 Å². The maximum Gasteiger partial charge on any atom is 0.222 e. The molecule has 4 heterocycles. The molecule has 29 heavy (non-hydrogen) atoms. The largest absolute Gasteiger partial charge is 0.343 e. The maximum absolute atomic E-state index is 12.6. The fraction of sp³-hybridized carbons (Fsp3) is 0.739. The maximum atomic E-state index is 12.6. The number of nitrogens with one attached hydrogen (secondary N) is 1. The van der Waals surface area contributed by atoms with E-state index >= 15 is 0 Å². The van der Waals surface area contributed by atoms with Gasteiger partial charge in [-0.1, -0.05) is 18.9 Å². The van der Waals surface area contributed by atoms with Crippen LogP contribution in [0.25, 0.3) is 0 Å². The van der Waals surface area contributed by atoms with Gasteiger partial charge in [-0.2, -0.15) is 0 Å². The quantitative estimate of drug-likeness (QED) is 0.765. The van der Waals surface area contributed by atoms with Crippen molar-refractivity contribution in [2.45, 2.75) is 64.0 Å². The summed E-state index contributed by atoms with van der Waals surface area (Å²) in [6.45, 7) is 6.47. The highest BCUT2D eigenvalue weighted by Gasteiger charge is 2.36. The molecule has 0 aromatic carbocycles. The molecular weight excluding hydrogens is 384 g/mol. The van der Waals surface area contributed by atoms with E-state index in [0.717, 1.165) is 57.3 Å². The van der Waals surface area contributed by atoms with E-state index in [4.69, 9.17) is 0 Å². The minimum atomic E-state index is 0. The number of carbonyl (C=O) groups excluding carboxylic acids is 1. The number of hydrogen-bond acceptors (Lipinski definition) is 4. The first-order valence-electron chi connectivity index (χ1n) is 11.4. The van der Waals surface area contributed by atoms with E-state index in [0.29, 0.717) is 11.9 Å². The van der Waals surface area contributed by atoms with Gasteiger partial charge in [-0.3, -0.25) is 14.7 Å². The second-order valence-electron chi connectivity index (χ2n) is 9.12. The van der Waals surface area contributed by atoms with Crippen molar-refractivity contribution in [3.05, 3.63) is 30.1 Å². The number of nitrogens with zero attached hydrogens (tertiary/aromatic N) is 3. The molecule has 0 saturated carbocycles. The summed E-state index contributed by atoms with van der Waals surface area (Å²) in [5.74, 6) is 1.88. The van der Waals surface area contributed by atoms with Crippen LogP contribution in [0.15, 0.2) is 24.5 Å². The monoisotopic (exact) mass is 420 g/mol. The summed E-state index contributed by atoms with van der Waals surface area (Å²) in [6.07, 6.45) is 13.0. The molecule has 2 bridgehead atoms. The minimum Gasteiger partial charge on any atom is -0.343 e. The first-order valence-corrected chi connectivity index (χ1v) is 11.4. The summed E-state index contributed by atoms with van der Waals surface area (Å²) in [5.41, 5.74) is 1.31. The van der Waals surface area contributed by atoms with Crippen molar-refractivity contribution in [3.8, 4) is 0 Å². The Bertz CT molecular complexity index is 621. The minimum absolute atomic E-state index is 0. The zero-order valence-electron chi connectivity index (χ0n) is 17.6. The van der Waals surface area contributed by atoms with Crippen molar-refractivity contribution in [1.82, 2.24) is 20.1 Å². The zero-order chi connectivity index (χ0) is 19.2. The topological polar surface area (TPSA) is 48.5 Å². The summed E-state index contributed by atoms with van der Waals surface area (Å²) >= 11 is 0. The molecule has 3 fully saturated rings. The first kappa shape index (κ1) is 22.5. The molecule has 3 aliphatic rings. The van der Waals surface area contributed by atoms with Crippen LogP contribution in [0.3, 0.4) is 0 Å². The second-order valence-corrected chi connectivity index (χ2v) is 9.12. The van der Waals surface area contributed by atoms with Crippen molar-refractivity contribution < 1.29 is 4.79 Å². The van der Waals surface area contributed by atoms with Gasteiger partial charge >= 0.3 is 0 Å². The molecule has 3 aliphatic heterocycles. The molecule has 3 saturated heterocycles. The number of pyridine rings is 1. The van der Waals surface area contributed by atoms with Gasteiger partial charge < -0.3 is 10.2 Å². The SMILES string of the molecule is Cl.O=C(CCC[C@H]1NC[C@@H]2C[C@H]1CN(Cc1cccnc1)C2)N1CCCCCC1. The van der Waals surface area contributed by atoms with Gasteiger partial charge in [0.1, 0.15) is 0 Å². The molecule has 0 unspecified atom stereocenters. The highest BCUT2D eigenvalue weighted by molar-refractivity contribution is 5.85. The van der Waals surface area contributed by atoms with Gasteiger partial charge in [0.15, 0.2) is 0 Å². The summed E-state index contributed by atoms with van der Waals surface area (Å²) in [5, 5.41) is 3.80. The zero-order valence-corrected chi connectivity index (χ0v) is 18.4. The van der Waals surface area contributed by atoms with Crippen LogP contribution in [-0.4, -0.2) is 59.5 Å². The Kier molecular flexibility index (Phi) is 8.76. The van der Waals surface area contributed by atoms with Crippen molar-refractivity contribution in [3.63, 3.8) is 0 Å². The average molecular weight is 421 g/mol. The van der Waals surface area contributed by atoms with Crippen LogP contribution in [0.4, 0.5) is 0 Å². The first-order chi connectivity index (χ1) is 13.8. The van der Waals surface area contributed by atoms with Gasteiger partial charge in [-0.25, -0.2) is 0 Å². The Morgan fingerprint density at radius 3 is 2.76 bits per heavy atom. The van der Waals surface area contributed by atoms with Gasteiger partial charge in [0, 0.05) is 57.6 Å². The standard InChI is InChI=1S/C23H36N4O.ClH/c28-23(27-11-3-1-2-4-12-27)9-5-8-22-21-13-20(15-25-22)17-26(18-21)16-19-7-6-10-24-14-19;/h6-7,10,14,20-22,25H,1-5,8-9,11-13,15-18H2;1H/t20-,21-,22+;/m0./s1. The van der Waals surface area contributed by atoms with E-state index < -0.39 is 0 Å². The molecule has 0 aliphatic carbocycles. The van der Waals surface area contributed by atoms with Crippen LogP contribution in [0.2, 0.25) is 0 Å². The fourth-order valence-electron chi connectivity index (χ4n) is 5.44. The normalized spacial score (nSPS) is 27.7. The average Bonchev–Trinajstić information content (AvgIpc) is 3.00. The lowest BCUT2D eigenvalue weighted by atomic mass is 9.79. The number of fused-ring (bicyclic) bond motifs is 2. The predicted molar refractivity (Wildman–Crippen MR) is 119 cm³/mol. The van der Waals surface area contributed by atoms with Gasteiger partial charge in [0.2, 0.25) is 5.91 Å². The number of piperidine rings is 2.